The third kappa shape index (κ3) is 4.96. The molecule has 0 aliphatic carbocycles. The van der Waals surface area contributed by atoms with Gasteiger partial charge in [-0.25, -0.2) is 4.21 Å². The molecule has 96 valence electrons. The molecule has 0 radical (unpaired) electrons. The van der Waals surface area contributed by atoms with Crippen molar-refractivity contribution in [3.05, 3.63) is 18.0 Å². The average molecular weight is 261 g/mol. The molecule has 1 unspecified atom stereocenters. The highest BCUT2D eigenvalue weighted by atomic mass is 32.2. The van der Waals surface area contributed by atoms with Crippen LogP contribution in [-0.2, 0) is 20.9 Å². The normalized spacial score (nSPS) is 16.3. The van der Waals surface area contributed by atoms with Crippen LogP contribution in [0.5, 0.6) is 0 Å². The third-order valence-electron chi connectivity index (χ3n) is 2.28. The van der Waals surface area contributed by atoms with E-state index in [0.717, 1.165) is 5.56 Å². The second kappa shape index (κ2) is 5.78. The van der Waals surface area contributed by atoms with Crippen molar-refractivity contribution in [1.29, 1.82) is 4.78 Å². The Morgan fingerprint density at radius 3 is 2.88 bits per heavy atom. The van der Waals surface area contributed by atoms with Crippen molar-refractivity contribution < 1.29 is 18.6 Å². The highest BCUT2D eigenvalue weighted by molar-refractivity contribution is 7.92. The Morgan fingerprint density at radius 2 is 2.35 bits per heavy atom. The van der Waals surface area contributed by atoms with Crippen molar-refractivity contribution in [2.24, 2.45) is 5.73 Å². The van der Waals surface area contributed by atoms with Crippen LogP contribution in [0.4, 0.5) is 0 Å². The molecule has 2 atom stereocenters. The molecule has 0 saturated carbocycles. The highest BCUT2D eigenvalue weighted by Crippen LogP contribution is 2.04. The fourth-order valence-electron chi connectivity index (χ4n) is 1.18. The molecule has 1 aromatic rings. The molecule has 0 aromatic carbocycles. The molecule has 1 heterocycles. The van der Waals surface area contributed by atoms with Gasteiger partial charge in [0.2, 0.25) is 0 Å². The SMILES string of the molecule is N=S(=O)(CCc1cnoc1)CC[C@H](N)C(=O)O. The van der Waals surface area contributed by atoms with Crippen molar-refractivity contribution in [2.45, 2.75) is 18.9 Å². The standard InChI is InChI=1S/C9H15N3O4S/c10-8(9(13)14)2-4-17(11,15)3-1-7-5-12-16-6-7/h5-6,8,11H,1-4,10H2,(H,13,14)/t8-,17?/m0/s1. The van der Waals surface area contributed by atoms with Gasteiger partial charge < -0.3 is 15.4 Å². The number of nitrogens with zero attached hydrogens (tertiary/aromatic N) is 1. The number of rotatable bonds is 7. The van der Waals surface area contributed by atoms with Gasteiger partial charge in [0.05, 0.1) is 6.20 Å². The summed E-state index contributed by atoms with van der Waals surface area (Å²) in [5.41, 5.74) is 6.05. The summed E-state index contributed by atoms with van der Waals surface area (Å²) in [6.45, 7) is 0. The van der Waals surface area contributed by atoms with E-state index in [1.807, 2.05) is 0 Å². The van der Waals surface area contributed by atoms with Gasteiger partial charge in [0.15, 0.2) is 0 Å². The molecule has 0 aliphatic rings. The van der Waals surface area contributed by atoms with Gasteiger partial charge in [-0.3, -0.25) is 9.57 Å². The van der Waals surface area contributed by atoms with E-state index in [4.69, 9.17) is 15.6 Å². The Morgan fingerprint density at radius 1 is 1.65 bits per heavy atom. The number of carbonyl (C=O) groups is 1. The van der Waals surface area contributed by atoms with Crippen LogP contribution in [0.25, 0.3) is 0 Å². The summed E-state index contributed by atoms with van der Waals surface area (Å²) in [4.78, 5) is 10.5. The molecule has 8 heteroatoms. The van der Waals surface area contributed by atoms with E-state index in [9.17, 15) is 9.00 Å². The first kappa shape index (κ1) is 13.7. The lowest BCUT2D eigenvalue weighted by Gasteiger charge is -2.09. The Balaban J connectivity index is 2.39. The molecule has 1 rings (SSSR count). The molecule has 0 spiro atoms. The van der Waals surface area contributed by atoms with Gasteiger partial charge in [0.1, 0.15) is 12.3 Å². The molecular formula is C9H15N3O4S. The summed E-state index contributed by atoms with van der Waals surface area (Å²) >= 11 is 0. The molecule has 0 saturated heterocycles. The van der Waals surface area contributed by atoms with Crippen LogP contribution in [0, 0.1) is 4.78 Å². The number of nitrogens with one attached hydrogen (secondary N) is 1. The van der Waals surface area contributed by atoms with Gasteiger partial charge in [-0.1, -0.05) is 5.16 Å². The first-order valence-electron chi connectivity index (χ1n) is 5.01. The van der Waals surface area contributed by atoms with Gasteiger partial charge in [-0.2, -0.15) is 0 Å². The summed E-state index contributed by atoms with van der Waals surface area (Å²) in [6, 6.07) is -1.06. The maximum absolute atomic E-state index is 11.8. The Hall–Kier alpha value is -1.41. The first-order chi connectivity index (χ1) is 7.91. The second-order valence-electron chi connectivity index (χ2n) is 3.74. The van der Waals surface area contributed by atoms with Crippen LogP contribution in [0.3, 0.4) is 0 Å². The van der Waals surface area contributed by atoms with Crippen LogP contribution in [-0.4, -0.2) is 38.0 Å². The number of carboxylic acids is 1. The molecule has 0 bridgehead atoms. The van der Waals surface area contributed by atoms with E-state index >= 15 is 0 Å². The van der Waals surface area contributed by atoms with E-state index in [1.165, 1.54) is 12.5 Å². The van der Waals surface area contributed by atoms with Crippen LogP contribution in [0.2, 0.25) is 0 Å². The zero-order valence-corrected chi connectivity index (χ0v) is 9.98. The topological polar surface area (TPSA) is 130 Å². The lowest BCUT2D eigenvalue weighted by Crippen LogP contribution is -2.32. The van der Waals surface area contributed by atoms with Gasteiger partial charge >= 0.3 is 5.97 Å². The minimum Gasteiger partial charge on any atom is -0.480 e. The number of hydrogen-bond acceptors (Lipinski definition) is 6. The number of hydrogen-bond donors (Lipinski definition) is 3. The number of nitrogens with two attached hydrogens (primary N) is 1. The minimum absolute atomic E-state index is 0.00819. The quantitative estimate of drug-likeness (QED) is 0.636. The van der Waals surface area contributed by atoms with Crippen molar-refractivity contribution in [3.63, 3.8) is 0 Å². The van der Waals surface area contributed by atoms with Gasteiger partial charge in [-0.15, -0.1) is 0 Å². The van der Waals surface area contributed by atoms with Gasteiger partial charge in [0.25, 0.3) is 0 Å². The molecule has 1 aromatic heterocycles. The molecule has 0 fully saturated rings. The number of aryl methyl sites for hydroxylation is 1. The second-order valence-corrected chi connectivity index (χ2v) is 6.18. The van der Waals surface area contributed by atoms with E-state index in [0.29, 0.717) is 6.42 Å². The maximum Gasteiger partial charge on any atom is 0.320 e. The smallest absolute Gasteiger partial charge is 0.320 e. The Kier molecular flexibility index (Phi) is 4.64. The first-order valence-corrected chi connectivity index (χ1v) is 6.91. The maximum atomic E-state index is 11.8. The predicted molar refractivity (Wildman–Crippen MR) is 61.0 cm³/mol. The van der Waals surface area contributed by atoms with Crippen molar-refractivity contribution in [2.75, 3.05) is 11.5 Å². The monoisotopic (exact) mass is 261 g/mol. The number of aromatic nitrogens is 1. The highest BCUT2D eigenvalue weighted by Gasteiger charge is 2.15. The molecule has 7 nitrogen and oxygen atoms in total. The molecule has 4 N–H and O–H groups in total. The summed E-state index contributed by atoms with van der Waals surface area (Å²) < 4.78 is 24.0. The van der Waals surface area contributed by atoms with Crippen molar-refractivity contribution in [3.8, 4) is 0 Å². The predicted octanol–water partition coefficient (Wildman–Crippen LogP) is 0.0659. The zero-order chi connectivity index (χ0) is 12.9. The van der Waals surface area contributed by atoms with Gasteiger partial charge in [0, 0.05) is 26.8 Å². The fraction of sp³-hybridized carbons (Fsp3) is 0.556. The van der Waals surface area contributed by atoms with Crippen molar-refractivity contribution >= 4 is 15.7 Å². The molecule has 0 aliphatic heterocycles. The van der Waals surface area contributed by atoms with Crippen LogP contribution in [0.1, 0.15) is 12.0 Å². The third-order valence-corrected chi connectivity index (χ3v) is 4.04. The van der Waals surface area contributed by atoms with Crippen LogP contribution >= 0.6 is 0 Å². The van der Waals surface area contributed by atoms with Crippen LogP contribution < -0.4 is 5.73 Å². The lowest BCUT2D eigenvalue weighted by molar-refractivity contribution is -0.138. The lowest BCUT2D eigenvalue weighted by atomic mass is 10.2. The zero-order valence-electron chi connectivity index (χ0n) is 9.17. The molecule has 0 amide bonds. The van der Waals surface area contributed by atoms with Crippen LogP contribution in [0.15, 0.2) is 17.0 Å². The minimum atomic E-state index is -2.80. The number of aliphatic carboxylic acids is 1. The van der Waals surface area contributed by atoms with Gasteiger partial charge in [-0.05, 0) is 12.8 Å². The van der Waals surface area contributed by atoms with E-state index < -0.39 is 21.7 Å². The van der Waals surface area contributed by atoms with E-state index in [-0.39, 0.29) is 17.9 Å². The summed E-state index contributed by atoms with van der Waals surface area (Å²) in [5.74, 6) is -0.994. The average Bonchev–Trinajstić information content (AvgIpc) is 2.76. The number of carboxylic acid groups (broad SMARTS) is 1. The van der Waals surface area contributed by atoms with Crippen molar-refractivity contribution in [1.82, 2.24) is 5.16 Å². The Labute approximate surface area is 99.0 Å². The van der Waals surface area contributed by atoms with E-state index in [1.54, 1.807) is 0 Å². The fourth-order valence-corrected chi connectivity index (χ4v) is 2.58. The summed E-state index contributed by atoms with van der Waals surface area (Å²) in [5, 5.41) is 12.1. The summed E-state index contributed by atoms with van der Waals surface area (Å²) in [7, 11) is -2.80. The summed E-state index contributed by atoms with van der Waals surface area (Å²) in [6.07, 6.45) is 3.40. The molecular weight excluding hydrogens is 246 g/mol. The van der Waals surface area contributed by atoms with E-state index in [2.05, 4.69) is 9.68 Å². The largest absolute Gasteiger partial charge is 0.480 e. The molecule has 17 heavy (non-hydrogen) atoms. The Bertz CT molecular complexity index is 455.